The Morgan fingerprint density at radius 2 is 1.68 bits per heavy atom. The SMILES string of the molecule is C=CCOC12Oc3ccc(Oc4cccc(C=O)c4)cc3C3C(CCCCO)C(CCCCO)C=C(C(=NOC)CC1N(Cc1ccc4c(c1)OCO4)C(=O)Oc1ccc([N+](=O)[O-])cc1)C32. The number of aliphatic hydroxyl groups is 2. The molecule has 1 fully saturated rings. The number of ether oxygens (including phenoxy) is 6. The number of carbonyl (C=O) groups excluding carboxylic acids is 2. The van der Waals surface area contributed by atoms with Crippen molar-refractivity contribution in [3.05, 3.63) is 136 Å². The first kappa shape index (κ1) is 45.8. The molecule has 4 aliphatic rings. The van der Waals surface area contributed by atoms with Gasteiger partial charge in [-0.25, -0.2) is 4.79 Å². The fourth-order valence-corrected chi connectivity index (χ4v) is 9.94. The van der Waals surface area contributed by atoms with E-state index in [-0.39, 0.29) is 68.8 Å². The average Bonchev–Trinajstić information content (AvgIpc) is 3.80. The summed E-state index contributed by atoms with van der Waals surface area (Å²) in [5.41, 5.74) is 3.21. The molecule has 1 saturated carbocycles. The number of non-ortho nitro benzene ring substituents is 1. The van der Waals surface area contributed by atoms with Gasteiger partial charge in [-0.15, -0.1) is 6.58 Å². The first-order valence-corrected chi connectivity index (χ1v) is 22.2. The maximum atomic E-state index is 15.0. The largest absolute Gasteiger partial charge is 0.459 e. The lowest BCUT2D eigenvalue weighted by atomic mass is 9.55. The number of hydrogen-bond donors (Lipinski definition) is 2. The number of oxime groups is 1. The Hall–Kier alpha value is -6.75. The predicted octanol–water partition coefficient (Wildman–Crippen LogP) is 8.89. The van der Waals surface area contributed by atoms with Gasteiger partial charge in [-0.1, -0.05) is 48.3 Å². The van der Waals surface area contributed by atoms with Crippen molar-refractivity contribution in [2.75, 3.05) is 33.7 Å². The van der Waals surface area contributed by atoms with Gasteiger partial charge in [-0.05, 0) is 103 Å². The maximum Gasteiger partial charge on any atom is 0.416 e. The lowest BCUT2D eigenvalue weighted by Crippen LogP contribution is -2.70. The lowest BCUT2D eigenvalue weighted by Gasteiger charge is -2.59. The highest BCUT2D eigenvalue weighted by atomic mass is 16.7. The Kier molecular flexibility index (Phi) is 14.3. The highest BCUT2D eigenvalue weighted by molar-refractivity contribution is 6.03. The van der Waals surface area contributed by atoms with Crippen LogP contribution in [-0.4, -0.2) is 83.7 Å². The van der Waals surface area contributed by atoms with E-state index in [1.54, 1.807) is 48.5 Å². The van der Waals surface area contributed by atoms with Crippen molar-refractivity contribution < 1.29 is 58.0 Å². The molecule has 0 radical (unpaired) electrons. The number of benzene rings is 4. The zero-order valence-corrected chi connectivity index (χ0v) is 36.6. The van der Waals surface area contributed by atoms with Gasteiger partial charge >= 0.3 is 6.09 Å². The molecule has 8 rings (SSSR count). The molecule has 0 bridgehead atoms. The zero-order valence-electron chi connectivity index (χ0n) is 36.6. The van der Waals surface area contributed by atoms with Gasteiger partial charge in [0.15, 0.2) is 11.5 Å². The first-order valence-electron chi connectivity index (χ1n) is 22.2. The van der Waals surface area contributed by atoms with E-state index in [4.69, 9.17) is 33.3 Å². The van der Waals surface area contributed by atoms with Crippen molar-refractivity contribution in [3.8, 4) is 34.5 Å². The third-order valence-electron chi connectivity index (χ3n) is 12.7. The van der Waals surface area contributed by atoms with Crippen LogP contribution in [0.2, 0.25) is 0 Å². The number of nitro groups is 1. The van der Waals surface area contributed by atoms with Gasteiger partial charge in [0.2, 0.25) is 12.6 Å². The summed E-state index contributed by atoms with van der Waals surface area (Å²) in [6, 6.07) is 22.2. The number of aliphatic hydroxyl groups excluding tert-OH is 2. The van der Waals surface area contributed by atoms with Gasteiger partial charge in [0, 0.05) is 55.4 Å². The summed E-state index contributed by atoms with van der Waals surface area (Å²) in [4.78, 5) is 44.8. The third-order valence-corrected chi connectivity index (χ3v) is 12.7. The molecular weight excluding hydrogens is 851 g/mol. The summed E-state index contributed by atoms with van der Waals surface area (Å²) < 4.78 is 38.2. The van der Waals surface area contributed by atoms with Crippen LogP contribution < -0.4 is 23.7 Å². The van der Waals surface area contributed by atoms with E-state index in [2.05, 4.69) is 17.8 Å². The summed E-state index contributed by atoms with van der Waals surface area (Å²) in [5.74, 6) is -0.0619. The second-order valence-corrected chi connectivity index (χ2v) is 16.7. The summed E-state index contributed by atoms with van der Waals surface area (Å²) in [7, 11) is 1.47. The zero-order chi connectivity index (χ0) is 46.2. The fraction of sp³-hybridized carbons (Fsp3) is 0.380. The van der Waals surface area contributed by atoms with E-state index in [1.807, 2.05) is 18.2 Å². The molecule has 0 saturated heterocycles. The number of nitrogens with zero attached hydrogens (tertiary/aromatic N) is 3. The first-order chi connectivity index (χ1) is 32.2. The van der Waals surface area contributed by atoms with Gasteiger partial charge in [-0.2, -0.15) is 0 Å². The van der Waals surface area contributed by atoms with Crippen LogP contribution in [0.3, 0.4) is 0 Å². The molecule has 1 amide bonds. The van der Waals surface area contributed by atoms with Crippen molar-refractivity contribution in [1.82, 2.24) is 4.90 Å². The molecule has 346 valence electrons. The number of rotatable bonds is 20. The number of aldehydes is 1. The molecular formula is C50H53N3O13. The Balaban J connectivity index is 1.32. The number of hydrogen-bond acceptors (Lipinski definition) is 14. The third kappa shape index (κ3) is 9.48. The molecule has 2 heterocycles. The number of fused-ring (bicyclic) bond motifs is 3. The lowest BCUT2D eigenvalue weighted by molar-refractivity contribution is -0.384. The van der Waals surface area contributed by atoms with Crippen LogP contribution in [0.5, 0.6) is 34.5 Å². The minimum absolute atomic E-state index is 0.0150. The van der Waals surface area contributed by atoms with Gasteiger partial charge in [0.25, 0.3) is 5.69 Å². The van der Waals surface area contributed by atoms with Crippen molar-refractivity contribution >= 4 is 23.8 Å². The molecule has 6 atom stereocenters. The molecule has 2 N–H and O–H groups in total. The number of amides is 1. The van der Waals surface area contributed by atoms with E-state index >= 15 is 4.79 Å². The van der Waals surface area contributed by atoms with Crippen molar-refractivity contribution in [2.45, 2.75) is 69.2 Å². The minimum Gasteiger partial charge on any atom is -0.459 e. The number of nitro benzene ring substituents is 1. The van der Waals surface area contributed by atoms with Crippen LogP contribution in [-0.2, 0) is 16.1 Å². The van der Waals surface area contributed by atoms with Gasteiger partial charge in [-0.3, -0.25) is 19.8 Å². The molecule has 16 heteroatoms. The molecule has 2 aliphatic carbocycles. The number of carbonyl (C=O) groups is 2. The smallest absolute Gasteiger partial charge is 0.416 e. The van der Waals surface area contributed by atoms with Gasteiger partial charge in [0.05, 0.1) is 23.2 Å². The van der Waals surface area contributed by atoms with Crippen LogP contribution >= 0.6 is 0 Å². The topological polar surface area (TPSA) is 198 Å². The summed E-state index contributed by atoms with van der Waals surface area (Å²) in [6.07, 6.45) is 8.06. The minimum atomic E-state index is -1.62. The molecule has 16 nitrogen and oxygen atoms in total. The van der Waals surface area contributed by atoms with Crippen LogP contribution in [0.25, 0.3) is 0 Å². The summed E-state index contributed by atoms with van der Waals surface area (Å²) in [5, 5.41) is 36.1. The quantitative estimate of drug-likeness (QED) is 0.0281. The normalized spacial score (nSPS) is 22.8. The molecule has 6 unspecified atom stereocenters. The Labute approximate surface area is 382 Å². The van der Waals surface area contributed by atoms with E-state index in [1.165, 1.54) is 36.3 Å². The standard InChI is InChI=1S/C50H53N3O13/c1-3-23-63-50-46(52(29-32-13-19-44-45(25-32)62-31-61-44)49(57)65-36-16-14-35(15-17-36)53(58)59)28-42(51-60-2)40-26-34(10-4-6-21-54)39(12-5-7-22-55)47(48(40)50)41-27-38(18-20-43(41)66-50)64-37-11-8-9-33(24-37)30-56/h3,8-9,11,13-20,24-27,30,34,39,46-48,54-55H,1,4-7,10,12,21-23,28-29,31H2,2H3. The predicted molar refractivity (Wildman–Crippen MR) is 241 cm³/mol. The molecule has 0 aromatic heterocycles. The average molecular weight is 904 g/mol. The Bertz CT molecular complexity index is 2470. The maximum absolute atomic E-state index is 15.0. The van der Waals surface area contributed by atoms with Crippen LogP contribution in [0.1, 0.15) is 72.3 Å². The number of allylic oxidation sites excluding steroid dienone is 1. The van der Waals surface area contributed by atoms with Crippen LogP contribution in [0, 0.1) is 27.9 Å². The summed E-state index contributed by atoms with van der Waals surface area (Å²) >= 11 is 0. The molecule has 2 aliphatic heterocycles. The Morgan fingerprint density at radius 3 is 2.42 bits per heavy atom. The van der Waals surface area contributed by atoms with Crippen LogP contribution in [0.4, 0.5) is 10.5 Å². The molecule has 66 heavy (non-hydrogen) atoms. The van der Waals surface area contributed by atoms with Gasteiger partial charge in [0.1, 0.15) is 42.4 Å². The second kappa shape index (κ2) is 20.6. The monoisotopic (exact) mass is 903 g/mol. The highest BCUT2D eigenvalue weighted by Gasteiger charge is 2.66. The summed E-state index contributed by atoms with van der Waals surface area (Å²) in [6.45, 7) is 4.13. The van der Waals surface area contributed by atoms with Crippen molar-refractivity contribution in [2.24, 2.45) is 22.9 Å². The number of unbranched alkanes of at least 4 members (excludes halogenated alkanes) is 2. The van der Waals surface area contributed by atoms with Crippen molar-refractivity contribution in [1.29, 1.82) is 0 Å². The van der Waals surface area contributed by atoms with E-state index < -0.39 is 28.8 Å². The second-order valence-electron chi connectivity index (χ2n) is 16.7. The molecule has 4 aromatic carbocycles. The van der Waals surface area contributed by atoms with E-state index in [0.29, 0.717) is 64.8 Å². The van der Waals surface area contributed by atoms with Crippen molar-refractivity contribution in [3.63, 3.8) is 0 Å². The van der Waals surface area contributed by atoms with E-state index in [0.717, 1.165) is 36.7 Å². The van der Waals surface area contributed by atoms with Gasteiger partial charge < -0.3 is 43.5 Å². The fourth-order valence-electron chi connectivity index (χ4n) is 9.94. The highest BCUT2D eigenvalue weighted by Crippen LogP contribution is 2.62. The Morgan fingerprint density at radius 1 is 0.939 bits per heavy atom. The van der Waals surface area contributed by atoms with Crippen LogP contribution in [0.15, 0.2) is 114 Å². The molecule has 0 spiro atoms. The van der Waals surface area contributed by atoms with E-state index in [9.17, 15) is 25.1 Å². The molecule has 4 aromatic rings.